The molecule has 0 bridgehead atoms. The van der Waals surface area contributed by atoms with Crippen LogP contribution in [0.3, 0.4) is 0 Å². The molecule has 1 aromatic heterocycles. The van der Waals surface area contributed by atoms with Crippen molar-refractivity contribution in [1.82, 2.24) is 9.88 Å². The van der Waals surface area contributed by atoms with E-state index in [4.69, 9.17) is 9.47 Å². The number of esters is 1. The summed E-state index contributed by atoms with van der Waals surface area (Å²) in [6, 6.07) is 20.5. The minimum atomic E-state index is -0.427. The highest BCUT2D eigenvalue weighted by molar-refractivity contribution is 5.94. The second-order valence-electron chi connectivity index (χ2n) is 12.2. The van der Waals surface area contributed by atoms with Gasteiger partial charge in [0.25, 0.3) is 0 Å². The molecule has 4 aromatic rings. The van der Waals surface area contributed by atoms with Gasteiger partial charge in [0.05, 0.1) is 7.11 Å². The quantitative estimate of drug-likeness (QED) is 0.232. The highest BCUT2D eigenvalue weighted by atomic mass is 19.1. The van der Waals surface area contributed by atoms with Gasteiger partial charge in [-0.05, 0) is 78.3 Å². The van der Waals surface area contributed by atoms with Gasteiger partial charge in [-0.2, -0.15) is 0 Å². The number of methoxy groups -OCH3 is 1. The first-order chi connectivity index (χ1) is 20.3. The number of hydrogen-bond acceptors (Lipinski definition) is 5. The van der Waals surface area contributed by atoms with Gasteiger partial charge in [-0.1, -0.05) is 37.6 Å². The van der Waals surface area contributed by atoms with Gasteiger partial charge < -0.3 is 19.4 Å². The summed E-state index contributed by atoms with van der Waals surface area (Å²) < 4.78 is 25.1. The van der Waals surface area contributed by atoms with E-state index in [1.807, 2.05) is 54.7 Å². The Balaban J connectivity index is 1.19. The summed E-state index contributed by atoms with van der Waals surface area (Å²) in [5, 5.41) is 0.952. The summed E-state index contributed by atoms with van der Waals surface area (Å²) in [5.41, 5.74) is 6.63. The van der Waals surface area contributed by atoms with Crippen molar-refractivity contribution in [2.24, 2.45) is 5.41 Å². The van der Waals surface area contributed by atoms with E-state index in [1.165, 1.54) is 24.7 Å². The molecular weight excluding hydrogens is 529 g/mol. The first-order valence-corrected chi connectivity index (χ1v) is 14.7. The van der Waals surface area contributed by atoms with Crippen molar-refractivity contribution in [1.29, 1.82) is 0 Å². The van der Waals surface area contributed by atoms with Crippen LogP contribution in [0.5, 0.6) is 11.5 Å². The molecule has 218 valence electrons. The number of fused-ring (bicyclic) bond motifs is 1. The largest absolute Gasteiger partial charge is 0.465 e. The third kappa shape index (κ3) is 5.93. The second kappa shape index (κ2) is 11.6. The highest BCUT2D eigenvalue weighted by Gasteiger charge is 2.29. The minimum Gasteiger partial charge on any atom is -0.465 e. The van der Waals surface area contributed by atoms with Crippen molar-refractivity contribution in [2.75, 3.05) is 44.7 Å². The number of nitrogens with one attached hydrogen (secondary N) is 1. The first-order valence-electron chi connectivity index (χ1n) is 14.7. The van der Waals surface area contributed by atoms with E-state index < -0.39 is 5.97 Å². The minimum absolute atomic E-state index is 0.193. The Morgan fingerprint density at radius 3 is 2.52 bits per heavy atom. The first kappa shape index (κ1) is 28.0. The van der Waals surface area contributed by atoms with Crippen molar-refractivity contribution in [2.45, 2.75) is 33.1 Å². The third-order valence-electron chi connectivity index (χ3n) is 8.68. The van der Waals surface area contributed by atoms with Crippen LogP contribution >= 0.6 is 0 Å². The molecule has 0 atom stereocenters. The molecule has 1 aliphatic heterocycles. The van der Waals surface area contributed by atoms with E-state index in [1.54, 1.807) is 18.2 Å². The van der Waals surface area contributed by atoms with Crippen LogP contribution in [-0.2, 0) is 4.74 Å². The maximum absolute atomic E-state index is 13.7. The molecule has 0 saturated carbocycles. The number of aromatic nitrogens is 1. The van der Waals surface area contributed by atoms with Crippen molar-refractivity contribution >= 4 is 28.1 Å². The second-order valence-corrected chi connectivity index (χ2v) is 12.2. The lowest BCUT2D eigenvalue weighted by atomic mass is 9.72. The predicted molar refractivity (Wildman–Crippen MR) is 166 cm³/mol. The molecule has 0 unspecified atom stereocenters. The Morgan fingerprint density at radius 1 is 0.976 bits per heavy atom. The molecule has 7 heteroatoms. The molecule has 42 heavy (non-hydrogen) atoms. The number of H-pyrrole nitrogens is 1. The molecule has 6 nitrogen and oxygen atoms in total. The van der Waals surface area contributed by atoms with Crippen molar-refractivity contribution in [3.05, 3.63) is 95.4 Å². The molecule has 6 rings (SSSR count). The lowest BCUT2D eigenvalue weighted by Gasteiger charge is -2.39. The van der Waals surface area contributed by atoms with E-state index in [-0.39, 0.29) is 11.2 Å². The van der Waals surface area contributed by atoms with E-state index in [0.29, 0.717) is 17.1 Å². The topological polar surface area (TPSA) is 57.8 Å². The van der Waals surface area contributed by atoms with Crippen LogP contribution in [0.1, 0.15) is 49.0 Å². The summed E-state index contributed by atoms with van der Waals surface area (Å²) in [5.74, 6) is 0.543. The number of aromatic amines is 1. The molecule has 3 aromatic carbocycles. The predicted octanol–water partition coefficient (Wildman–Crippen LogP) is 7.67. The Labute approximate surface area is 246 Å². The maximum Gasteiger partial charge on any atom is 0.341 e. The average molecular weight is 568 g/mol. The van der Waals surface area contributed by atoms with Crippen LogP contribution in [-0.4, -0.2) is 55.7 Å². The Bertz CT molecular complexity index is 1610. The maximum atomic E-state index is 13.7. The number of benzene rings is 3. The van der Waals surface area contributed by atoms with Crippen LogP contribution in [0.2, 0.25) is 0 Å². The molecule has 2 heterocycles. The lowest BCUT2D eigenvalue weighted by molar-refractivity contribution is 0.0598. The SMILES string of the molecule is COC(=O)c1ccc(N2CCN(CC3=C(c4ccc(F)cc4)CC(C)(C)CC3)CC2)cc1Oc1cccc2[nH]ccc12. The molecule has 1 fully saturated rings. The van der Waals surface area contributed by atoms with Crippen LogP contribution in [0.4, 0.5) is 10.1 Å². The summed E-state index contributed by atoms with van der Waals surface area (Å²) in [7, 11) is 1.39. The molecule has 0 radical (unpaired) electrons. The van der Waals surface area contributed by atoms with Crippen molar-refractivity contribution < 1.29 is 18.7 Å². The monoisotopic (exact) mass is 567 g/mol. The van der Waals surface area contributed by atoms with Gasteiger partial charge in [0, 0.05) is 61.6 Å². The molecule has 0 spiro atoms. The average Bonchev–Trinajstić information content (AvgIpc) is 3.49. The van der Waals surface area contributed by atoms with Crippen molar-refractivity contribution in [3.63, 3.8) is 0 Å². The molecular formula is C35H38FN3O3. The fourth-order valence-corrected chi connectivity index (χ4v) is 6.23. The van der Waals surface area contributed by atoms with E-state index >= 15 is 0 Å². The van der Waals surface area contributed by atoms with Gasteiger partial charge in [-0.3, -0.25) is 4.90 Å². The van der Waals surface area contributed by atoms with E-state index in [9.17, 15) is 9.18 Å². The number of nitrogens with zero attached hydrogens (tertiary/aromatic N) is 2. The molecule has 1 aliphatic carbocycles. The number of ether oxygens (including phenoxy) is 2. The zero-order valence-corrected chi connectivity index (χ0v) is 24.6. The smallest absolute Gasteiger partial charge is 0.341 e. The Morgan fingerprint density at radius 2 is 1.76 bits per heavy atom. The standard InChI is InChI=1S/C35H38FN3O3/c1-35(2)15-13-25(30(22-35)24-7-9-26(36)10-8-24)23-38-17-19-39(20-18-38)27-11-12-29(34(40)41-3)33(21-27)42-32-6-4-5-31-28(32)14-16-37-31/h4-12,14,16,21,37H,13,15,17-20,22-23H2,1-3H3. The number of hydrogen-bond donors (Lipinski definition) is 1. The number of piperazine rings is 1. The summed E-state index contributed by atoms with van der Waals surface area (Å²) in [6.07, 6.45) is 5.13. The normalized spacial score (nSPS) is 17.5. The molecule has 1 N–H and O–H groups in total. The highest BCUT2D eigenvalue weighted by Crippen LogP contribution is 2.43. The van der Waals surface area contributed by atoms with E-state index in [0.717, 1.165) is 67.7 Å². The summed E-state index contributed by atoms with van der Waals surface area (Å²) >= 11 is 0. The number of rotatable bonds is 7. The number of carbonyl (C=O) groups excluding carboxylic acids is 1. The van der Waals surface area contributed by atoms with Gasteiger partial charge in [-0.15, -0.1) is 0 Å². The fraction of sp³-hybridized carbons (Fsp3) is 0.343. The molecule has 2 aliphatic rings. The summed E-state index contributed by atoms with van der Waals surface area (Å²) in [4.78, 5) is 20.7. The molecule has 0 amide bonds. The number of halogens is 1. The van der Waals surface area contributed by atoms with Crippen LogP contribution in [0.15, 0.2) is 78.5 Å². The number of carbonyl (C=O) groups is 1. The zero-order chi connectivity index (χ0) is 29.3. The van der Waals surface area contributed by atoms with Gasteiger partial charge in [0.1, 0.15) is 22.9 Å². The third-order valence-corrected chi connectivity index (χ3v) is 8.68. The van der Waals surface area contributed by atoms with E-state index in [2.05, 4.69) is 28.6 Å². The summed E-state index contributed by atoms with van der Waals surface area (Å²) in [6.45, 7) is 9.20. The van der Waals surface area contributed by atoms with Gasteiger partial charge >= 0.3 is 5.97 Å². The van der Waals surface area contributed by atoms with Crippen LogP contribution in [0.25, 0.3) is 16.5 Å². The zero-order valence-electron chi connectivity index (χ0n) is 24.6. The van der Waals surface area contributed by atoms with Crippen LogP contribution in [0, 0.1) is 11.2 Å². The van der Waals surface area contributed by atoms with Crippen LogP contribution < -0.4 is 9.64 Å². The van der Waals surface area contributed by atoms with Gasteiger partial charge in [0.2, 0.25) is 0 Å². The van der Waals surface area contributed by atoms with Gasteiger partial charge in [-0.25, -0.2) is 9.18 Å². The Kier molecular flexibility index (Phi) is 7.78. The fourth-order valence-electron chi connectivity index (χ4n) is 6.23. The number of anilines is 1. The van der Waals surface area contributed by atoms with Gasteiger partial charge in [0.15, 0.2) is 0 Å². The molecule has 1 saturated heterocycles. The lowest BCUT2D eigenvalue weighted by Crippen LogP contribution is -2.47. The number of allylic oxidation sites excluding steroid dienone is 1. The Hall–Kier alpha value is -4.10. The van der Waals surface area contributed by atoms with Crippen molar-refractivity contribution in [3.8, 4) is 11.5 Å².